The summed E-state index contributed by atoms with van der Waals surface area (Å²) in [7, 11) is 0. The molecule has 0 radical (unpaired) electrons. The minimum absolute atomic E-state index is 0.213. The highest BCUT2D eigenvalue weighted by atomic mass is 16.5. The summed E-state index contributed by atoms with van der Waals surface area (Å²) < 4.78 is 6.07. The number of fused-ring (bicyclic) bond motifs is 1. The second-order valence-corrected chi connectivity index (χ2v) is 5.94. The average molecular weight is 327 g/mol. The van der Waals surface area contributed by atoms with Crippen molar-refractivity contribution in [1.82, 2.24) is 10.3 Å². The van der Waals surface area contributed by atoms with Crippen LogP contribution in [0, 0.1) is 0 Å². The van der Waals surface area contributed by atoms with E-state index in [-0.39, 0.29) is 11.6 Å². The van der Waals surface area contributed by atoms with Crippen LogP contribution in [-0.2, 0) is 16.8 Å². The molecule has 126 valence electrons. The molecule has 6 nitrogen and oxygen atoms in total. The summed E-state index contributed by atoms with van der Waals surface area (Å²) >= 11 is 0. The summed E-state index contributed by atoms with van der Waals surface area (Å²) in [5, 5.41) is 2.91. The quantitative estimate of drug-likeness (QED) is 0.780. The minimum atomic E-state index is -0.594. The van der Waals surface area contributed by atoms with Crippen LogP contribution < -0.4 is 11.1 Å². The molecule has 3 rings (SSSR count). The van der Waals surface area contributed by atoms with E-state index in [2.05, 4.69) is 22.4 Å². The number of amides is 2. The molecule has 24 heavy (non-hydrogen) atoms. The normalized spacial score (nSPS) is 19.5. The fraction of sp³-hybridized carbons (Fsp3) is 0.333. The number of aromatic nitrogens is 1. The molecule has 1 aromatic heterocycles. The molecule has 0 saturated carbocycles. The van der Waals surface area contributed by atoms with Crippen LogP contribution >= 0.6 is 0 Å². The Balaban J connectivity index is 1.77. The second kappa shape index (κ2) is 6.49. The Morgan fingerprint density at radius 2 is 2.00 bits per heavy atom. The molecule has 4 N–H and O–H groups in total. The SMILES string of the molecule is CCC1(CNC(=O)c2ccc(C(N)=O)[nH]2)OCCc2ccccc21. The van der Waals surface area contributed by atoms with Crippen molar-refractivity contribution >= 4 is 11.8 Å². The number of primary amides is 1. The Bertz CT molecular complexity index is 768. The molecule has 1 unspecified atom stereocenters. The van der Waals surface area contributed by atoms with Gasteiger partial charge in [-0.2, -0.15) is 0 Å². The van der Waals surface area contributed by atoms with E-state index in [0.717, 1.165) is 18.4 Å². The van der Waals surface area contributed by atoms with E-state index in [0.29, 0.717) is 18.8 Å². The summed E-state index contributed by atoms with van der Waals surface area (Å²) in [6, 6.07) is 11.2. The predicted octanol–water partition coefficient (Wildman–Crippen LogP) is 1.72. The van der Waals surface area contributed by atoms with E-state index in [4.69, 9.17) is 10.5 Å². The van der Waals surface area contributed by atoms with Gasteiger partial charge >= 0.3 is 0 Å². The maximum absolute atomic E-state index is 12.3. The van der Waals surface area contributed by atoms with Crippen molar-refractivity contribution in [3.8, 4) is 0 Å². The second-order valence-electron chi connectivity index (χ2n) is 5.94. The van der Waals surface area contributed by atoms with Gasteiger partial charge in [0.2, 0.25) is 0 Å². The maximum Gasteiger partial charge on any atom is 0.267 e. The van der Waals surface area contributed by atoms with Gasteiger partial charge < -0.3 is 20.8 Å². The van der Waals surface area contributed by atoms with Gasteiger partial charge in [0, 0.05) is 0 Å². The number of ether oxygens (including phenoxy) is 1. The highest BCUT2D eigenvalue weighted by Gasteiger charge is 2.36. The molecule has 0 fully saturated rings. The lowest BCUT2D eigenvalue weighted by Gasteiger charge is -2.38. The minimum Gasteiger partial charge on any atom is -0.368 e. The molecule has 0 aliphatic carbocycles. The Morgan fingerprint density at radius 3 is 2.71 bits per heavy atom. The Kier molecular flexibility index (Phi) is 4.40. The summed E-state index contributed by atoms with van der Waals surface area (Å²) in [5.74, 6) is -0.884. The van der Waals surface area contributed by atoms with Crippen molar-refractivity contribution < 1.29 is 14.3 Å². The van der Waals surface area contributed by atoms with Gasteiger partial charge in [0.15, 0.2) is 0 Å². The molecule has 2 heterocycles. The summed E-state index contributed by atoms with van der Waals surface area (Å²) in [4.78, 5) is 26.2. The van der Waals surface area contributed by atoms with Crippen molar-refractivity contribution in [2.75, 3.05) is 13.2 Å². The van der Waals surface area contributed by atoms with E-state index in [9.17, 15) is 9.59 Å². The Hall–Kier alpha value is -2.60. The van der Waals surface area contributed by atoms with E-state index in [1.54, 1.807) is 6.07 Å². The number of H-pyrrole nitrogens is 1. The number of nitrogens with one attached hydrogen (secondary N) is 2. The molecule has 0 bridgehead atoms. The lowest BCUT2D eigenvalue weighted by molar-refractivity contribution is -0.0606. The number of carbonyl (C=O) groups excluding carboxylic acids is 2. The van der Waals surface area contributed by atoms with Gasteiger partial charge in [0.05, 0.1) is 13.2 Å². The van der Waals surface area contributed by atoms with E-state index >= 15 is 0 Å². The van der Waals surface area contributed by atoms with Gasteiger partial charge in [-0.3, -0.25) is 9.59 Å². The van der Waals surface area contributed by atoms with Crippen LogP contribution in [0.15, 0.2) is 36.4 Å². The molecule has 0 saturated heterocycles. The summed E-state index contributed by atoms with van der Waals surface area (Å²) in [6.45, 7) is 3.05. The van der Waals surface area contributed by atoms with Gasteiger partial charge in [-0.05, 0) is 36.1 Å². The van der Waals surface area contributed by atoms with Crippen molar-refractivity contribution in [2.24, 2.45) is 5.73 Å². The lowest BCUT2D eigenvalue weighted by atomic mass is 9.84. The van der Waals surface area contributed by atoms with E-state index < -0.39 is 11.5 Å². The molecule has 1 atom stereocenters. The van der Waals surface area contributed by atoms with Crippen LogP contribution in [0.2, 0.25) is 0 Å². The monoisotopic (exact) mass is 327 g/mol. The van der Waals surface area contributed by atoms with Gasteiger partial charge in [0.1, 0.15) is 17.0 Å². The first kappa shape index (κ1) is 16.3. The van der Waals surface area contributed by atoms with Crippen LogP contribution in [0.4, 0.5) is 0 Å². The van der Waals surface area contributed by atoms with Crippen LogP contribution in [0.5, 0.6) is 0 Å². The third-order valence-corrected chi connectivity index (χ3v) is 4.56. The third-order valence-electron chi connectivity index (χ3n) is 4.56. The first-order valence-electron chi connectivity index (χ1n) is 8.05. The van der Waals surface area contributed by atoms with Crippen LogP contribution in [0.25, 0.3) is 0 Å². The number of rotatable bonds is 5. The highest BCUT2D eigenvalue weighted by molar-refractivity contribution is 5.96. The largest absolute Gasteiger partial charge is 0.368 e. The van der Waals surface area contributed by atoms with Crippen molar-refractivity contribution in [3.63, 3.8) is 0 Å². The summed E-state index contributed by atoms with van der Waals surface area (Å²) in [6.07, 6.45) is 1.63. The highest BCUT2D eigenvalue weighted by Crippen LogP contribution is 2.35. The van der Waals surface area contributed by atoms with Gasteiger partial charge in [-0.15, -0.1) is 0 Å². The zero-order valence-corrected chi connectivity index (χ0v) is 13.6. The van der Waals surface area contributed by atoms with Gasteiger partial charge in [-0.25, -0.2) is 0 Å². The molecule has 1 aliphatic heterocycles. The fourth-order valence-electron chi connectivity index (χ4n) is 3.17. The zero-order valence-electron chi connectivity index (χ0n) is 13.6. The summed E-state index contributed by atoms with van der Waals surface area (Å²) in [5.41, 5.74) is 7.57. The number of aromatic amines is 1. The Labute approximate surface area is 140 Å². The fourth-order valence-corrected chi connectivity index (χ4v) is 3.17. The number of benzene rings is 1. The van der Waals surface area contributed by atoms with Gasteiger partial charge in [0.25, 0.3) is 11.8 Å². The smallest absolute Gasteiger partial charge is 0.267 e. The first-order valence-corrected chi connectivity index (χ1v) is 8.05. The van der Waals surface area contributed by atoms with Crippen molar-refractivity contribution in [2.45, 2.75) is 25.4 Å². The molecule has 1 aliphatic rings. The third kappa shape index (κ3) is 2.92. The lowest BCUT2D eigenvalue weighted by Crippen LogP contribution is -2.45. The number of nitrogens with two attached hydrogens (primary N) is 1. The van der Waals surface area contributed by atoms with Crippen molar-refractivity contribution in [1.29, 1.82) is 0 Å². The van der Waals surface area contributed by atoms with Gasteiger partial charge in [-0.1, -0.05) is 31.2 Å². The Morgan fingerprint density at radius 1 is 1.25 bits per heavy atom. The maximum atomic E-state index is 12.3. The van der Waals surface area contributed by atoms with E-state index in [1.165, 1.54) is 11.6 Å². The molecule has 1 aromatic carbocycles. The molecular formula is C18H21N3O3. The van der Waals surface area contributed by atoms with Crippen LogP contribution in [0.3, 0.4) is 0 Å². The molecular weight excluding hydrogens is 306 g/mol. The van der Waals surface area contributed by atoms with Crippen LogP contribution in [-0.4, -0.2) is 29.9 Å². The molecule has 2 amide bonds. The molecule has 6 heteroatoms. The predicted molar refractivity (Wildman–Crippen MR) is 89.7 cm³/mol. The zero-order chi connectivity index (χ0) is 17.2. The van der Waals surface area contributed by atoms with Crippen LogP contribution in [0.1, 0.15) is 45.4 Å². The number of hydrogen-bond donors (Lipinski definition) is 3. The average Bonchev–Trinajstić information content (AvgIpc) is 3.10. The first-order chi connectivity index (χ1) is 11.6. The van der Waals surface area contributed by atoms with E-state index in [1.807, 2.05) is 19.1 Å². The topological polar surface area (TPSA) is 97.2 Å². The number of carbonyl (C=O) groups is 2. The van der Waals surface area contributed by atoms with Crippen molar-refractivity contribution in [3.05, 3.63) is 58.9 Å². The standard InChI is InChI=1S/C18H21N3O3/c1-2-18(13-6-4-3-5-12(13)9-10-24-18)11-20-17(23)15-8-7-14(21-15)16(19)22/h3-8,21H,2,9-11H2,1H3,(H2,19,22)(H,20,23). The molecule has 0 spiro atoms. The molecule has 2 aromatic rings. The number of hydrogen-bond acceptors (Lipinski definition) is 3.